The van der Waals surface area contributed by atoms with Gasteiger partial charge in [-0.3, -0.25) is 4.79 Å². The number of carbonyl (C=O) groups is 1. The second-order valence-electron chi connectivity index (χ2n) is 6.65. The molecule has 1 N–H and O–H groups in total. The molecule has 1 saturated heterocycles. The lowest BCUT2D eigenvalue weighted by atomic mass is 9.74. The molecule has 138 valence electrons. The van der Waals surface area contributed by atoms with Crippen LogP contribution >= 0.6 is 0 Å². The van der Waals surface area contributed by atoms with Crippen LogP contribution < -0.4 is 5.32 Å². The van der Waals surface area contributed by atoms with Gasteiger partial charge in [0.2, 0.25) is 0 Å². The molecule has 1 heterocycles. The second kappa shape index (κ2) is 8.43. The highest BCUT2D eigenvalue weighted by atomic mass is 19.1. The summed E-state index contributed by atoms with van der Waals surface area (Å²) in [5.41, 5.74) is 1.37. The number of halogens is 1. The molecule has 1 aliphatic rings. The summed E-state index contributed by atoms with van der Waals surface area (Å²) in [6, 6.07) is 16.0. The summed E-state index contributed by atoms with van der Waals surface area (Å²) in [5, 5.41) is 3.02. The molecule has 3 rings (SSSR count). The molecule has 2 aromatic carbocycles. The van der Waals surface area contributed by atoms with E-state index in [4.69, 9.17) is 9.47 Å². The minimum absolute atomic E-state index is 0.194. The highest BCUT2D eigenvalue weighted by Gasteiger charge is 2.36. The average Bonchev–Trinajstić information content (AvgIpc) is 2.68. The van der Waals surface area contributed by atoms with E-state index in [9.17, 15) is 9.18 Å². The van der Waals surface area contributed by atoms with Crippen molar-refractivity contribution < 1.29 is 18.7 Å². The molecular formula is C21H24FNO3. The van der Waals surface area contributed by atoms with Gasteiger partial charge >= 0.3 is 0 Å². The summed E-state index contributed by atoms with van der Waals surface area (Å²) in [6.45, 7) is 1.61. The van der Waals surface area contributed by atoms with Crippen LogP contribution in [-0.4, -0.2) is 32.8 Å². The molecule has 26 heavy (non-hydrogen) atoms. The third-order valence-electron chi connectivity index (χ3n) is 5.06. The van der Waals surface area contributed by atoms with Crippen molar-refractivity contribution in [2.24, 2.45) is 0 Å². The van der Waals surface area contributed by atoms with Gasteiger partial charge < -0.3 is 14.8 Å². The molecule has 0 radical (unpaired) electrons. The number of benzene rings is 2. The standard InChI is InChI=1S/C21H24FNO3/c1-25-19(16-6-3-2-4-7-16)20(24)23-15-21(10-12-26-13-11-21)17-8-5-9-18(22)14-17/h2-9,14,19H,10-13,15H2,1H3,(H,23,24)/t19-/m0/s1. The summed E-state index contributed by atoms with van der Waals surface area (Å²) >= 11 is 0. The minimum Gasteiger partial charge on any atom is -0.381 e. The molecule has 0 saturated carbocycles. The first-order chi connectivity index (χ1) is 12.6. The number of carbonyl (C=O) groups excluding carboxylic acids is 1. The first kappa shape index (κ1) is 18.5. The monoisotopic (exact) mass is 357 g/mol. The Labute approximate surface area is 153 Å². The van der Waals surface area contributed by atoms with Gasteiger partial charge in [-0.15, -0.1) is 0 Å². The van der Waals surface area contributed by atoms with E-state index in [1.165, 1.54) is 13.2 Å². The Balaban J connectivity index is 1.76. The predicted octanol–water partition coefficient (Wildman–Crippen LogP) is 3.38. The van der Waals surface area contributed by atoms with E-state index in [-0.39, 0.29) is 17.1 Å². The summed E-state index contributed by atoms with van der Waals surface area (Å²) in [4.78, 5) is 12.7. The van der Waals surface area contributed by atoms with E-state index in [2.05, 4.69) is 5.32 Å². The van der Waals surface area contributed by atoms with Gasteiger partial charge in [0.05, 0.1) is 0 Å². The predicted molar refractivity (Wildman–Crippen MR) is 97.3 cm³/mol. The Hall–Kier alpha value is -2.24. The first-order valence-electron chi connectivity index (χ1n) is 8.84. The molecule has 1 fully saturated rings. The molecule has 1 atom stereocenters. The number of amides is 1. The van der Waals surface area contributed by atoms with Crippen molar-refractivity contribution in [2.75, 3.05) is 26.9 Å². The second-order valence-corrected chi connectivity index (χ2v) is 6.65. The zero-order valence-electron chi connectivity index (χ0n) is 14.9. The smallest absolute Gasteiger partial charge is 0.253 e. The van der Waals surface area contributed by atoms with Crippen LogP contribution in [0.2, 0.25) is 0 Å². The van der Waals surface area contributed by atoms with Gasteiger partial charge in [0, 0.05) is 32.3 Å². The number of nitrogens with one attached hydrogen (secondary N) is 1. The van der Waals surface area contributed by atoms with E-state index in [0.29, 0.717) is 19.8 Å². The largest absolute Gasteiger partial charge is 0.381 e. The summed E-state index contributed by atoms with van der Waals surface area (Å²) in [5.74, 6) is -0.459. The van der Waals surface area contributed by atoms with Gasteiger partial charge in [0.25, 0.3) is 5.91 Å². The maximum Gasteiger partial charge on any atom is 0.253 e. The SMILES string of the molecule is CO[C@H](C(=O)NCC1(c2cccc(F)c2)CCOCC1)c1ccccc1. The van der Waals surface area contributed by atoms with Crippen LogP contribution in [-0.2, 0) is 19.7 Å². The normalized spacial score (nSPS) is 17.5. The molecule has 1 amide bonds. The number of rotatable bonds is 6. The Morgan fingerprint density at radius 2 is 1.92 bits per heavy atom. The lowest BCUT2D eigenvalue weighted by Crippen LogP contribution is -2.46. The van der Waals surface area contributed by atoms with Crippen molar-refractivity contribution in [1.29, 1.82) is 0 Å². The zero-order chi connectivity index (χ0) is 18.4. The van der Waals surface area contributed by atoms with E-state index >= 15 is 0 Å². The van der Waals surface area contributed by atoms with Gasteiger partial charge in [-0.05, 0) is 36.1 Å². The molecular weight excluding hydrogens is 333 g/mol. The first-order valence-corrected chi connectivity index (χ1v) is 8.84. The van der Waals surface area contributed by atoms with Crippen molar-refractivity contribution in [3.8, 4) is 0 Å². The van der Waals surface area contributed by atoms with Gasteiger partial charge in [0.1, 0.15) is 5.82 Å². The third-order valence-corrected chi connectivity index (χ3v) is 5.06. The Morgan fingerprint density at radius 1 is 1.19 bits per heavy atom. The van der Waals surface area contributed by atoms with Crippen molar-refractivity contribution in [1.82, 2.24) is 5.32 Å². The van der Waals surface area contributed by atoms with E-state index in [0.717, 1.165) is 24.0 Å². The number of ether oxygens (including phenoxy) is 2. The van der Waals surface area contributed by atoms with Crippen molar-refractivity contribution in [3.05, 3.63) is 71.5 Å². The lowest BCUT2D eigenvalue weighted by molar-refractivity contribution is -0.132. The van der Waals surface area contributed by atoms with Crippen LogP contribution in [0.4, 0.5) is 4.39 Å². The molecule has 4 nitrogen and oxygen atoms in total. The van der Waals surface area contributed by atoms with Gasteiger partial charge in [0.15, 0.2) is 6.10 Å². The molecule has 2 aromatic rings. The fourth-order valence-corrected chi connectivity index (χ4v) is 3.52. The van der Waals surface area contributed by atoms with Gasteiger partial charge in [-0.25, -0.2) is 4.39 Å². The van der Waals surface area contributed by atoms with Crippen molar-refractivity contribution in [3.63, 3.8) is 0 Å². The molecule has 1 aliphatic heterocycles. The van der Waals surface area contributed by atoms with Crippen molar-refractivity contribution >= 4 is 5.91 Å². The molecule has 5 heteroatoms. The Bertz CT molecular complexity index is 729. The highest BCUT2D eigenvalue weighted by molar-refractivity contribution is 5.82. The highest BCUT2D eigenvalue weighted by Crippen LogP contribution is 2.34. The van der Waals surface area contributed by atoms with Crippen LogP contribution in [0.5, 0.6) is 0 Å². The zero-order valence-corrected chi connectivity index (χ0v) is 14.9. The molecule has 0 aromatic heterocycles. The van der Waals surface area contributed by atoms with Gasteiger partial charge in [-0.1, -0.05) is 42.5 Å². The number of methoxy groups -OCH3 is 1. The summed E-state index contributed by atoms with van der Waals surface area (Å²) in [6.07, 6.45) is 0.806. The summed E-state index contributed by atoms with van der Waals surface area (Å²) < 4.78 is 24.6. The van der Waals surface area contributed by atoms with E-state index in [1.54, 1.807) is 12.1 Å². The summed E-state index contributed by atoms with van der Waals surface area (Å²) in [7, 11) is 1.52. The molecule has 0 aliphatic carbocycles. The van der Waals surface area contributed by atoms with Crippen LogP contribution in [0.1, 0.15) is 30.1 Å². The molecule has 0 spiro atoms. The Morgan fingerprint density at radius 3 is 2.58 bits per heavy atom. The number of hydrogen-bond acceptors (Lipinski definition) is 3. The van der Waals surface area contributed by atoms with E-state index < -0.39 is 6.10 Å². The fourth-order valence-electron chi connectivity index (χ4n) is 3.52. The van der Waals surface area contributed by atoms with E-state index in [1.807, 2.05) is 36.4 Å². The molecule has 0 bridgehead atoms. The molecule has 0 unspecified atom stereocenters. The van der Waals surface area contributed by atoms with Crippen LogP contribution in [0, 0.1) is 5.82 Å². The van der Waals surface area contributed by atoms with Crippen LogP contribution in [0.15, 0.2) is 54.6 Å². The maximum atomic E-state index is 13.8. The topological polar surface area (TPSA) is 47.6 Å². The minimum atomic E-state index is -0.666. The van der Waals surface area contributed by atoms with Crippen LogP contribution in [0.3, 0.4) is 0 Å². The van der Waals surface area contributed by atoms with Crippen molar-refractivity contribution in [2.45, 2.75) is 24.4 Å². The third kappa shape index (κ3) is 4.11. The van der Waals surface area contributed by atoms with Gasteiger partial charge in [-0.2, -0.15) is 0 Å². The maximum absolute atomic E-state index is 13.8. The lowest BCUT2D eigenvalue weighted by Gasteiger charge is -2.38. The average molecular weight is 357 g/mol. The number of hydrogen-bond donors (Lipinski definition) is 1. The van der Waals surface area contributed by atoms with Crippen LogP contribution in [0.25, 0.3) is 0 Å². The Kier molecular flexibility index (Phi) is 6.01. The fraction of sp³-hybridized carbons (Fsp3) is 0.381. The quantitative estimate of drug-likeness (QED) is 0.862.